The first-order valence-corrected chi connectivity index (χ1v) is 8.51. The van der Waals surface area contributed by atoms with Crippen LogP contribution in [0.2, 0.25) is 0 Å². The van der Waals surface area contributed by atoms with E-state index in [1.165, 1.54) is 14.2 Å². The number of carboxylic acid groups (broad SMARTS) is 1. The van der Waals surface area contributed by atoms with E-state index in [1.807, 2.05) is 0 Å². The summed E-state index contributed by atoms with van der Waals surface area (Å²) in [5, 5.41) is 9.30. The topological polar surface area (TPSA) is 119 Å². The molecule has 138 valence electrons. The molecule has 0 saturated carbocycles. The third-order valence-corrected chi connectivity index (χ3v) is 4.85. The van der Waals surface area contributed by atoms with Crippen molar-refractivity contribution in [3.8, 4) is 11.5 Å². The number of benzene rings is 1. The molecule has 0 radical (unpaired) electrons. The average Bonchev–Trinajstić information content (AvgIpc) is 2.86. The number of hydrogen-bond donors (Lipinski definition) is 2. The minimum Gasteiger partial charge on any atom is -0.493 e. The van der Waals surface area contributed by atoms with Gasteiger partial charge in [0.2, 0.25) is 5.91 Å². The second-order valence-corrected chi connectivity index (χ2v) is 6.87. The van der Waals surface area contributed by atoms with Crippen molar-refractivity contribution in [1.29, 1.82) is 0 Å². The first kappa shape index (κ1) is 19.7. The molecule has 1 heterocycles. The first-order chi connectivity index (χ1) is 12.3. The van der Waals surface area contributed by atoms with E-state index in [1.54, 1.807) is 24.3 Å². The molecule has 2 amide bonds. The monoisotopic (exact) mass is 396 g/mol. The number of methoxy groups -OCH3 is 2. The van der Waals surface area contributed by atoms with Gasteiger partial charge in [-0.25, -0.2) is 4.79 Å². The van der Waals surface area contributed by atoms with E-state index in [-0.39, 0.29) is 9.23 Å². The smallest absolute Gasteiger partial charge is 0.327 e. The number of rotatable bonds is 7. The van der Waals surface area contributed by atoms with Crippen LogP contribution in [0, 0.1) is 0 Å². The molecule has 1 aromatic rings. The van der Waals surface area contributed by atoms with Crippen LogP contribution in [0.25, 0.3) is 6.08 Å². The molecule has 2 rings (SSSR count). The summed E-state index contributed by atoms with van der Waals surface area (Å²) >= 11 is 6.07. The Morgan fingerprint density at radius 2 is 2.00 bits per heavy atom. The molecule has 1 aromatic carbocycles. The lowest BCUT2D eigenvalue weighted by atomic mass is 10.1. The Hall–Kier alpha value is -2.59. The van der Waals surface area contributed by atoms with Crippen molar-refractivity contribution < 1.29 is 29.0 Å². The number of carboxylic acids is 1. The summed E-state index contributed by atoms with van der Waals surface area (Å²) in [5.41, 5.74) is 5.72. The summed E-state index contributed by atoms with van der Waals surface area (Å²) in [4.78, 5) is 36.3. The van der Waals surface area contributed by atoms with Crippen molar-refractivity contribution in [2.24, 2.45) is 5.73 Å². The Balaban J connectivity index is 2.34. The van der Waals surface area contributed by atoms with Crippen molar-refractivity contribution in [2.75, 3.05) is 14.2 Å². The zero-order valence-electron chi connectivity index (χ0n) is 13.9. The highest BCUT2D eigenvalue weighted by Crippen LogP contribution is 2.36. The van der Waals surface area contributed by atoms with Crippen LogP contribution in [0.1, 0.15) is 12.0 Å². The van der Waals surface area contributed by atoms with Gasteiger partial charge in [-0.3, -0.25) is 14.5 Å². The Morgan fingerprint density at radius 1 is 1.35 bits per heavy atom. The minimum absolute atomic E-state index is 0.0513. The van der Waals surface area contributed by atoms with Gasteiger partial charge in [0.25, 0.3) is 5.91 Å². The minimum atomic E-state index is -1.43. The predicted molar refractivity (Wildman–Crippen MR) is 99.8 cm³/mol. The van der Waals surface area contributed by atoms with Crippen molar-refractivity contribution in [1.82, 2.24) is 4.90 Å². The maximum Gasteiger partial charge on any atom is 0.327 e. The van der Waals surface area contributed by atoms with Crippen LogP contribution in [0.15, 0.2) is 23.1 Å². The van der Waals surface area contributed by atoms with Crippen molar-refractivity contribution in [3.05, 3.63) is 28.7 Å². The molecule has 1 saturated heterocycles. The van der Waals surface area contributed by atoms with Crippen LogP contribution in [0.4, 0.5) is 0 Å². The molecule has 10 heteroatoms. The van der Waals surface area contributed by atoms with E-state index in [4.69, 9.17) is 27.4 Å². The molecule has 1 atom stereocenters. The molecule has 0 spiro atoms. The molecular weight excluding hydrogens is 380 g/mol. The number of hydrogen-bond acceptors (Lipinski definition) is 7. The number of carbonyl (C=O) groups is 3. The van der Waals surface area contributed by atoms with Crippen LogP contribution >= 0.6 is 24.0 Å². The number of carbonyl (C=O) groups excluding carboxylic acids is 2. The lowest BCUT2D eigenvalue weighted by molar-refractivity contribution is -0.146. The largest absolute Gasteiger partial charge is 0.493 e. The third-order valence-electron chi connectivity index (χ3n) is 3.52. The van der Waals surface area contributed by atoms with Gasteiger partial charge < -0.3 is 20.3 Å². The highest BCUT2D eigenvalue weighted by molar-refractivity contribution is 8.26. The van der Waals surface area contributed by atoms with Gasteiger partial charge in [0.1, 0.15) is 10.4 Å². The van der Waals surface area contributed by atoms with Crippen LogP contribution < -0.4 is 15.2 Å². The molecular formula is C16H16N2O6S2. The number of amides is 2. The summed E-state index contributed by atoms with van der Waals surface area (Å²) in [6.07, 6.45) is 1.04. The molecule has 1 fully saturated rings. The lowest BCUT2D eigenvalue weighted by Crippen LogP contribution is -2.46. The SMILES string of the molecule is COc1ccc(C=C2SC(=S)N(C(CC(N)=O)C(=O)O)C2=O)cc1OC. The van der Waals surface area contributed by atoms with Gasteiger partial charge in [-0.1, -0.05) is 30.0 Å². The van der Waals surface area contributed by atoms with Gasteiger partial charge in [-0.15, -0.1) is 0 Å². The van der Waals surface area contributed by atoms with E-state index in [0.717, 1.165) is 16.7 Å². The highest BCUT2D eigenvalue weighted by atomic mass is 32.2. The van der Waals surface area contributed by atoms with Gasteiger partial charge in [-0.2, -0.15) is 0 Å². The normalized spacial score (nSPS) is 16.7. The zero-order valence-corrected chi connectivity index (χ0v) is 15.6. The average molecular weight is 396 g/mol. The molecule has 1 aliphatic rings. The summed E-state index contributed by atoms with van der Waals surface area (Å²) in [5.74, 6) is -1.77. The van der Waals surface area contributed by atoms with Crippen molar-refractivity contribution >= 4 is 52.2 Å². The van der Waals surface area contributed by atoms with Crippen molar-refractivity contribution in [3.63, 3.8) is 0 Å². The molecule has 8 nitrogen and oxygen atoms in total. The zero-order chi connectivity index (χ0) is 19.4. The van der Waals surface area contributed by atoms with Gasteiger partial charge in [-0.05, 0) is 23.8 Å². The Kier molecular flexibility index (Phi) is 6.22. The number of ether oxygens (including phenoxy) is 2. The molecule has 1 aliphatic heterocycles. The van der Waals surface area contributed by atoms with Crippen LogP contribution in [0.3, 0.4) is 0 Å². The Bertz CT molecular complexity index is 808. The summed E-state index contributed by atoms with van der Waals surface area (Å²) < 4.78 is 10.4. The fourth-order valence-corrected chi connectivity index (χ4v) is 3.68. The van der Waals surface area contributed by atoms with Gasteiger partial charge in [0.15, 0.2) is 11.5 Å². The molecule has 0 bridgehead atoms. The summed E-state index contributed by atoms with van der Waals surface area (Å²) in [6, 6.07) is 3.63. The van der Waals surface area contributed by atoms with E-state index >= 15 is 0 Å². The van der Waals surface area contributed by atoms with Gasteiger partial charge >= 0.3 is 5.97 Å². The maximum absolute atomic E-state index is 12.6. The van der Waals surface area contributed by atoms with E-state index < -0.39 is 30.2 Å². The Labute approximate surface area is 158 Å². The maximum atomic E-state index is 12.6. The van der Waals surface area contributed by atoms with Gasteiger partial charge in [0, 0.05) is 0 Å². The van der Waals surface area contributed by atoms with E-state index in [0.29, 0.717) is 17.1 Å². The predicted octanol–water partition coefficient (Wildman–Crippen LogP) is 1.23. The van der Waals surface area contributed by atoms with Crippen LogP contribution in [-0.4, -0.2) is 52.4 Å². The van der Waals surface area contributed by atoms with Crippen molar-refractivity contribution in [2.45, 2.75) is 12.5 Å². The van der Waals surface area contributed by atoms with E-state index in [2.05, 4.69) is 0 Å². The third kappa shape index (κ3) is 4.14. The van der Waals surface area contributed by atoms with E-state index in [9.17, 15) is 19.5 Å². The number of primary amides is 1. The molecule has 1 unspecified atom stereocenters. The highest BCUT2D eigenvalue weighted by Gasteiger charge is 2.41. The van der Waals surface area contributed by atoms with Gasteiger partial charge in [0.05, 0.1) is 25.5 Å². The number of nitrogens with zero attached hydrogens (tertiary/aromatic N) is 1. The first-order valence-electron chi connectivity index (χ1n) is 7.28. The second kappa shape index (κ2) is 8.19. The second-order valence-electron chi connectivity index (χ2n) is 5.19. The van der Waals surface area contributed by atoms with Crippen LogP contribution in [0.5, 0.6) is 11.5 Å². The fraction of sp³-hybridized carbons (Fsp3) is 0.250. The Morgan fingerprint density at radius 3 is 2.54 bits per heavy atom. The molecule has 26 heavy (non-hydrogen) atoms. The lowest BCUT2D eigenvalue weighted by Gasteiger charge is -2.21. The molecule has 0 aliphatic carbocycles. The quantitative estimate of drug-likeness (QED) is 0.522. The fourth-order valence-electron chi connectivity index (χ4n) is 2.32. The number of thiocarbonyl (C=S) groups is 1. The molecule has 0 aromatic heterocycles. The van der Waals surface area contributed by atoms with Crippen LogP contribution in [-0.2, 0) is 14.4 Å². The number of thioether (sulfide) groups is 1. The standard InChI is InChI=1S/C16H16N2O6S2/c1-23-10-4-3-8(5-11(10)24-2)6-12-14(20)18(16(25)26-12)9(15(21)22)7-13(17)19/h3-6,9H,7H2,1-2H3,(H2,17,19)(H,21,22). The summed E-state index contributed by atoms with van der Waals surface area (Å²) in [7, 11) is 3.00. The number of nitrogens with two attached hydrogens (primary N) is 1. The molecule has 3 N–H and O–H groups in total. The summed E-state index contributed by atoms with van der Waals surface area (Å²) in [6.45, 7) is 0. The number of aliphatic carboxylic acids is 1.